The van der Waals surface area contributed by atoms with Crippen LogP contribution in [0, 0.1) is 34.6 Å². The zero-order chi connectivity index (χ0) is 26.7. The lowest BCUT2D eigenvalue weighted by atomic mass is 9.12. The van der Waals surface area contributed by atoms with E-state index in [-0.39, 0.29) is 0 Å². The van der Waals surface area contributed by atoms with Gasteiger partial charge >= 0.3 is 0 Å². The van der Waals surface area contributed by atoms with E-state index in [1.165, 1.54) is 60.3 Å². The van der Waals surface area contributed by atoms with Crippen LogP contribution in [0.4, 0.5) is 0 Å². The predicted molar refractivity (Wildman–Crippen MR) is 172 cm³/mol. The van der Waals surface area contributed by atoms with Gasteiger partial charge < -0.3 is 0 Å². The van der Waals surface area contributed by atoms with Crippen molar-refractivity contribution >= 4 is 51.2 Å². The lowest BCUT2D eigenvalue weighted by molar-refractivity contribution is 1.35. The summed E-state index contributed by atoms with van der Waals surface area (Å²) in [6.07, 6.45) is -1.41. The minimum Gasteiger partial charge on any atom is -0.195 e. The molecule has 0 bridgehead atoms. The molecule has 1 unspecified atom stereocenters. The van der Waals surface area contributed by atoms with Crippen LogP contribution in [0.1, 0.15) is 27.8 Å². The van der Waals surface area contributed by atoms with Crippen LogP contribution < -0.4 is 37.8 Å². The van der Waals surface area contributed by atoms with Gasteiger partial charge in [0.2, 0.25) is 0 Å². The highest BCUT2D eigenvalue weighted by atomic mass is 31.2. The topological polar surface area (TPSA) is 0 Å². The number of aryl methyl sites for hydroxylation is 5. The number of hydrogen-bond acceptors (Lipinski definition) is 0. The maximum atomic E-state index is 2.56. The fraction of sp³-hybridized carbons (Fsp3) is 0.167. The quantitative estimate of drug-likeness (QED) is 0.241. The maximum absolute atomic E-state index is 2.56. The van der Waals surface area contributed by atoms with E-state index in [1.807, 2.05) is 0 Å². The molecule has 2 heteroatoms. The van der Waals surface area contributed by atoms with Crippen LogP contribution in [0.25, 0.3) is 0 Å². The number of hydrogen-bond donors (Lipinski definition) is 0. The van der Waals surface area contributed by atoms with E-state index in [9.17, 15) is 0 Å². The Bertz CT molecular complexity index is 1650. The highest BCUT2D eigenvalue weighted by Crippen LogP contribution is 2.53. The van der Waals surface area contributed by atoms with E-state index in [0.29, 0.717) is 0 Å². The van der Waals surface area contributed by atoms with Crippen molar-refractivity contribution in [3.05, 3.63) is 137 Å². The van der Waals surface area contributed by atoms with Crippen LogP contribution in [0.5, 0.6) is 0 Å². The molecule has 0 aromatic heterocycles. The molecule has 1 aliphatic heterocycles. The fourth-order valence-corrected chi connectivity index (χ4v) is 12.2. The number of benzene rings is 5. The van der Waals surface area contributed by atoms with E-state index in [1.54, 1.807) is 5.30 Å². The molecular formula is C36H36BP. The molecule has 188 valence electrons. The van der Waals surface area contributed by atoms with Gasteiger partial charge in [-0.3, -0.25) is 0 Å². The second-order valence-electron chi connectivity index (χ2n) is 11.5. The molecule has 0 saturated carbocycles. The normalized spacial score (nSPS) is 20.1. The minimum absolute atomic E-state index is 1.33. The molecule has 2 atom stereocenters. The van der Waals surface area contributed by atoms with Gasteiger partial charge in [0, 0.05) is 0 Å². The average Bonchev–Trinajstić information content (AvgIpc) is 2.90. The zero-order valence-electron chi connectivity index (χ0n) is 23.4. The van der Waals surface area contributed by atoms with E-state index in [0.717, 1.165) is 0 Å². The molecule has 0 nitrogen and oxygen atoms in total. The molecule has 38 heavy (non-hydrogen) atoms. The molecule has 0 spiro atoms. The van der Waals surface area contributed by atoms with Crippen LogP contribution >= 0.6 is 7.26 Å². The standard InChI is InChI=1S/C36H36BP/c1-25-21-27(3)35(28(4)22-25)37(30-15-9-7-10-16-30)32-19-13-14-20-34(32)38(6,31-17-11-8-12-18-31)36-29(5)23-26(2)24-33(36)37/h7-24H,1-6H3/t37-,38?/m0/s1. The average molecular weight is 510 g/mol. The molecule has 0 radical (unpaired) electrons. The third kappa shape index (κ3) is 3.42. The Morgan fingerprint density at radius 1 is 0.526 bits per heavy atom. The summed E-state index contributed by atoms with van der Waals surface area (Å²) in [5.41, 5.74) is 12.7. The summed E-state index contributed by atoms with van der Waals surface area (Å²) in [6.45, 7) is 14.1. The first kappa shape index (κ1) is 24.9. The predicted octanol–water partition coefficient (Wildman–Crippen LogP) is 4.84. The number of rotatable bonds is 3. The summed E-state index contributed by atoms with van der Waals surface area (Å²) < 4.78 is 0. The van der Waals surface area contributed by atoms with Gasteiger partial charge in [-0.25, -0.2) is 0 Å². The molecule has 5 aromatic rings. The first-order chi connectivity index (χ1) is 18.3. The van der Waals surface area contributed by atoms with Gasteiger partial charge in [0.15, 0.2) is 0 Å². The van der Waals surface area contributed by atoms with Crippen molar-refractivity contribution in [1.82, 2.24) is 0 Å². The Labute approximate surface area is 229 Å². The smallest absolute Gasteiger partial charge is 0.118 e. The zero-order valence-corrected chi connectivity index (χ0v) is 24.3. The van der Waals surface area contributed by atoms with Crippen LogP contribution in [0.15, 0.2) is 109 Å². The van der Waals surface area contributed by atoms with Crippen LogP contribution in [-0.4, -0.2) is 12.8 Å². The van der Waals surface area contributed by atoms with Crippen LogP contribution in [0.3, 0.4) is 0 Å². The van der Waals surface area contributed by atoms with Gasteiger partial charge in [-0.1, -0.05) is 113 Å². The third-order valence-corrected chi connectivity index (χ3v) is 13.2. The summed E-state index contributed by atoms with van der Waals surface area (Å²) in [6, 6.07) is 41.8. The van der Waals surface area contributed by atoms with Gasteiger partial charge in [-0.15, -0.1) is 0 Å². The molecule has 5 aromatic carbocycles. The van der Waals surface area contributed by atoms with Crippen molar-refractivity contribution in [3.63, 3.8) is 0 Å². The lowest BCUT2D eigenvalue weighted by Gasteiger charge is -2.52. The molecule has 1 heterocycles. The van der Waals surface area contributed by atoms with E-state index < -0.39 is 13.4 Å². The van der Waals surface area contributed by atoms with Crippen molar-refractivity contribution in [2.75, 3.05) is 6.66 Å². The van der Waals surface area contributed by atoms with Crippen molar-refractivity contribution in [2.24, 2.45) is 0 Å². The van der Waals surface area contributed by atoms with Crippen molar-refractivity contribution < 1.29 is 0 Å². The summed E-state index contributed by atoms with van der Waals surface area (Å²) >= 11 is 0. The highest BCUT2D eigenvalue weighted by molar-refractivity contribution is 7.96. The monoisotopic (exact) mass is 510 g/mol. The Morgan fingerprint density at radius 3 is 1.71 bits per heavy atom. The van der Waals surface area contributed by atoms with E-state index >= 15 is 0 Å². The molecule has 0 fully saturated rings. The molecule has 0 aliphatic carbocycles. The fourth-order valence-electron chi connectivity index (χ4n) is 7.93. The van der Waals surface area contributed by atoms with Gasteiger partial charge in [-0.2, -0.15) is 21.9 Å². The molecule has 0 amide bonds. The molecular weight excluding hydrogens is 474 g/mol. The Morgan fingerprint density at radius 2 is 1.05 bits per heavy atom. The molecule has 1 aliphatic rings. The van der Waals surface area contributed by atoms with E-state index in [2.05, 4.69) is 150 Å². The summed E-state index contributed by atoms with van der Waals surface area (Å²) in [5, 5.41) is 4.54. The lowest BCUT2D eigenvalue weighted by Crippen LogP contribution is -2.83. The van der Waals surface area contributed by atoms with Crippen molar-refractivity contribution in [3.8, 4) is 0 Å². The first-order valence-corrected chi connectivity index (χ1v) is 16.0. The summed E-state index contributed by atoms with van der Waals surface area (Å²) in [5.74, 6) is 0. The van der Waals surface area contributed by atoms with Gasteiger partial charge in [-0.05, 0) is 58.4 Å². The largest absolute Gasteiger partial charge is 0.195 e. The van der Waals surface area contributed by atoms with Crippen molar-refractivity contribution in [1.29, 1.82) is 0 Å². The summed E-state index contributed by atoms with van der Waals surface area (Å²) in [7, 11) is -1.90. The second-order valence-corrected chi connectivity index (χ2v) is 15.0. The van der Waals surface area contributed by atoms with Gasteiger partial charge in [0.05, 0.1) is 17.3 Å². The SMILES string of the molecule is Cc1cc(C)c([B@@-]2(c3ccccc3)c3ccccc3[P+](C)(c3ccccc3)c3c(C)cc(C)cc32)c(C)c1. The maximum Gasteiger partial charge on any atom is 0.118 e. The Balaban J connectivity index is 1.91. The van der Waals surface area contributed by atoms with Crippen LogP contribution in [0.2, 0.25) is 0 Å². The Kier molecular flexibility index (Phi) is 5.97. The van der Waals surface area contributed by atoms with E-state index in [4.69, 9.17) is 0 Å². The first-order valence-electron chi connectivity index (χ1n) is 13.7. The minimum atomic E-state index is -1.90. The second kappa shape index (κ2) is 9.11. The van der Waals surface area contributed by atoms with Crippen LogP contribution in [-0.2, 0) is 0 Å². The summed E-state index contributed by atoms with van der Waals surface area (Å²) in [4.78, 5) is 0. The van der Waals surface area contributed by atoms with Crippen molar-refractivity contribution in [2.45, 2.75) is 34.6 Å². The Hall–Kier alpha value is -3.41. The van der Waals surface area contributed by atoms with Gasteiger partial charge in [0.1, 0.15) is 18.7 Å². The molecule has 0 saturated heterocycles. The third-order valence-electron chi connectivity index (χ3n) is 9.02. The molecule has 6 rings (SSSR count). The molecule has 0 N–H and O–H groups in total. The van der Waals surface area contributed by atoms with Gasteiger partial charge in [0.25, 0.3) is 0 Å². The number of fused-ring (bicyclic) bond motifs is 2. The highest BCUT2D eigenvalue weighted by Gasteiger charge is 2.53.